The fourth-order valence-corrected chi connectivity index (χ4v) is 0. The molecule has 62 valence electrons. The summed E-state index contributed by atoms with van der Waals surface area (Å²) in [7, 11) is 0. The average molecular weight is 181 g/mol. The summed E-state index contributed by atoms with van der Waals surface area (Å²) < 4.78 is 0. The Labute approximate surface area is 78.8 Å². The largest absolute Gasteiger partial charge is 0.397 e. The minimum Gasteiger partial charge on any atom is -0.397 e. The Morgan fingerprint density at radius 3 is 1.30 bits per heavy atom. The van der Waals surface area contributed by atoms with Crippen molar-refractivity contribution in [2.75, 3.05) is 13.2 Å². The van der Waals surface area contributed by atoms with E-state index >= 15 is 0 Å². The van der Waals surface area contributed by atoms with E-state index in [1.54, 1.807) is 13.8 Å². The molecular weight excluding hydrogens is 164 g/mol. The van der Waals surface area contributed by atoms with Crippen molar-refractivity contribution in [2.24, 2.45) is 0 Å². The van der Waals surface area contributed by atoms with Crippen LogP contribution in [-0.4, -0.2) is 23.4 Å². The van der Waals surface area contributed by atoms with Crippen LogP contribution >= 0.6 is 0 Å². The van der Waals surface area contributed by atoms with Gasteiger partial charge in [0.2, 0.25) is 0 Å². The van der Waals surface area contributed by atoms with Gasteiger partial charge in [0.05, 0.1) is 0 Å². The summed E-state index contributed by atoms with van der Waals surface area (Å²) in [5, 5.41) is 15.1. The zero-order chi connectivity index (χ0) is 8.12. The third-order valence-corrected chi connectivity index (χ3v) is 0. The van der Waals surface area contributed by atoms with Gasteiger partial charge >= 0.3 is 0 Å². The van der Waals surface area contributed by atoms with Gasteiger partial charge in [0.25, 0.3) is 0 Å². The standard InChI is InChI=1S/C3H5.2C2H6O.Ti/c1-3-2;2*1-2-3;/h3H,1-2H2;2*3H,2H2,1H3;/q-1;;;. The molecule has 0 aromatic heterocycles. The summed E-state index contributed by atoms with van der Waals surface area (Å²) in [4.78, 5) is 0. The van der Waals surface area contributed by atoms with Gasteiger partial charge in [-0.2, -0.15) is 0 Å². The van der Waals surface area contributed by atoms with Gasteiger partial charge < -0.3 is 10.2 Å². The molecule has 0 bridgehead atoms. The first-order valence-electron chi connectivity index (χ1n) is 2.86. The topological polar surface area (TPSA) is 40.5 Å². The van der Waals surface area contributed by atoms with Crippen LogP contribution in [0, 0.1) is 6.92 Å². The monoisotopic (exact) mass is 181 g/mol. The Balaban J connectivity index is -0.0000000257. The van der Waals surface area contributed by atoms with Gasteiger partial charge in [0.1, 0.15) is 0 Å². The van der Waals surface area contributed by atoms with Crippen molar-refractivity contribution in [3.05, 3.63) is 19.6 Å². The first-order valence-corrected chi connectivity index (χ1v) is 2.86. The predicted octanol–water partition coefficient (Wildman–Crippen LogP) is 1.00. The third kappa shape index (κ3) is 7250. The van der Waals surface area contributed by atoms with E-state index in [0.29, 0.717) is 0 Å². The van der Waals surface area contributed by atoms with Gasteiger partial charge in [-0.25, -0.2) is 19.6 Å². The number of hydrogen-bond donors (Lipinski definition) is 2. The van der Waals surface area contributed by atoms with E-state index < -0.39 is 0 Å². The molecule has 0 rings (SSSR count). The molecule has 0 aromatic carbocycles. The molecule has 0 aromatic rings. The van der Waals surface area contributed by atoms with Crippen molar-refractivity contribution >= 4 is 0 Å². The van der Waals surface area contributed by atoms with Crippen molar-refractivity contribution in [1.82, 2.24) is 0 Å². The molecule has 0 saturated carbocycles. The molecule has 2 N–H and O–H groups in total. The molecule has 0 fully saturated rings. The zero-order valence-electron chi connectivity index (χ0n) is 6.80. The average Bonchev–Trinajstić information content (AvgIpc) is 1.70. The Hall–Kier alpha value is 0.244. The van der Waals surface area contributed by atoms with Crippen LogP contribution in [0.25, 0.3) is 0 Å². The predicted molar refractivity (Wildman–Crippen MR) is 41.1 cm³/mol. The van der Waals surface area contributed by atoms with E-state index in [1.807, 2.05) is 0 Å². The van der Waals surface area contributed by atoms with E-state index in [0.717, 1.165) is 0 Å². The Bertz CT molecular complexity index is 30.8. The molecule has 0 atom stereocenters. The van der Waals surface area contributed by atoms with Crippen LogP contribution in [0.1, 0.15) is 13.8 Å². The molecule has 2 nitrogen and oxygen atoms in total. The zero-order valence-corrected chi connectivity index (χ0v) is 8.36. The second-order valence-corrected chi connectivity index (χ2v) is 0.921. The molecule has 0 radical (unpaired) electrons. The maximum atomic E-state index is 7.57. The molecule has 0 saturated heterocycles. The van der Waals surface area contributed by atoms with Gasteiger partial charge in [-0.05, 0) is 13.8 Å². The Morgan fingerprint density at radius 1 is 1.30 bits per heavy atom. The first kappa shape index (κ1) is 22.5. The summed E-state index contributed by atoms with van der Waals surface area (Å²) in [6.07, 6.45) is 1.50. The van der Waals surface area contributed by atoms with Gasteiger partial charge in [-0.3, -0.25) is 0 Å². The maximum Gasteiger partial charge on any atom is 0.0402 e. The molecule has 0 aliphatic carbocycles. The van der Waals surface area contributed by atoms with Crippen LogP contribution < -0.4 is 0 Å². The smallest absolute Gasteiger partial charge is 0.0402 e. The second kappa shape index (κ2) is 59.7. The minimum absolute atomic E-state index is 0. The van der Waals surface area contributed by atoms with Crippen molar-refractivity contribution in [3.63, 3.8) is 0 Å². The number of hydrogen-bond acceptors (Lipinski definition) is 2. The van der Waals surface area contributed by atoms with E-state index in [4.69, 9.17) is 10.2 Å². The Morgan fingerprint density at radius 2 is 1.30 bits per heavy atom. The van der Waals surface area contributed by atoms with E-state index in [-0.39, 0.29) is 34.9 Å². The van der Waals surface area contributed by atoms with Crippen LogP contribution in [-0.2, 0) is 21.7 Å². The molecular formula is C7H17O2Ti-. The third-order valence-electron chi connectivity index (χ3n) is 0. The first-order chi connectivity index (χ1) is 4.24. The van der Waals surface area contributed by atoms with Crippen molar-refractivity contribution in [3.8, 4) is 0 Å². The molecule has 0 spiro atoms. The fraction of sp³-hybridized carbons (Fsp3) is 0.571. The van der Waals surface area contributed by atoms with E-state index in [1.165, 1.54) is 6.08 Å². The molecule has 0 amide bonds. The molecule has 0 heterocycles. The summed E-state index contributed by atoms with van der Waals surface area (Å²) in [6.45, 7) is 10.4. The maximum absolute atomic E-state index is 7.57. The van der Waals surface area contributed by atoms with Gasteiger partial charge in [0, 0.05) is 34.9 Å². The molecule has 0 unspecified atom stereocenters. The molecule has 3 heteroatoms. The van der Waals surface area contributed by atoms with Crippen molar-refractivity contribution < 1.29 is 31.9 Å². The fourth-order valence-electron chi connectivity index (χ4n) is 0. The summed E-state index contributed by atoms with van der Waals surface area (Å²) in [6, 6.07) is 0. The van der Waals surface area contributed by atoms with Crippen LogP contribution in [0.2, 0.25) is 0 Å². The van der Waals surface area contributed by atoms with Crippen LogP contribution in [0.5, 0.6) is 0 Å². The van der Waals surface area contributed by atoms with Crippen LogP contribution in [0.15, 0.2) is 12.7 Å². The SMILES string of the molecule is C=C[CH2-].CCO.CCO.[Ti]. The quantitative estimate of drug-likeness (QED) is 0.432. The summed E-state index contributed by atoms with van der Waals surface area (Å²) in [5.41, 5.74) is 0. The van der Waals surface area contributed by atoms with Crippen molar-refractivity contribution in [1.29, 1.82) is 0 Å². The Kier molecular flexibility index (Phi) is 134. The molecule has 10 heavy (non-hydrogen) atoms. The van der Waals surface area contributed by atoms with E-state index in [2.05, 4.69) is 13.5 Å². The van der Waals surface area contributed by atoms with Crippen molar-refractivity contribution in [2.45, 2.75) is 13.8 Å². The minimum atomic E-state index is 0. The van der Waals surface area contributed by atoms with Crippen LogP contribution in [0.3, 0.4) is 0 Å². The number of aliphatic hydroxyl groups excluding tert-OH is 2. The normalized spacial score (nSPS) is 4.80. The molecule has 0 aliphatic rings. The summed E-state index contributed by atoms with van der Waals surface area (Å²) >= 11 is 0. The van der Waals surface area contributed by atoms with E-state index in [9.17, 15) is 0 Å². The number of rotatable bonds is 0. The molecule has 0 aliphatic heterocycles. The summed E-state index contributed by atoms with van der Waals surface area (Å²) in [5.74, 6) is 0. The number of allylic oxidation sites excluding steroid dienone is 1. The second-order valence-electron chi connectivity index (χ2n) is 0.921. The van der Waals surface area contributed by atoms with Crippen LogP contribution in [0.4, 0.5) is 0 Å². The van der Waals surface area contributed by atoms with Gasteiger partial charge in [-0.15, -0.1) is 0 Å². The van der Waals surface area contributed by atoms with Gasteiger partial charge in [0.15, 0.2) is 0 Å². The number of aliphatic hydroxyl groups is 2. The van der Waals surface area contributed by atoms with Gasteiger partial charge in [-0.1, -0.05) is 0 Å².